The SMILES string of the molecule is CCC(C(=O)Nc1cc(C)on1)N1CCN(c2ccccc2)CC1. The average Bonchev–Trinajstić information content (AvgIpc) is 3.02. The lowest BCUT2D eigenvalue weighted by molar-refractivity contribution is -0.121. The molecule has 1 atom stereocenters. The summed E-state index contributed by atoms with van der Waals surface area (Å²) in [4.78, 5) is 17.2. The maximum atomic E-state index is 12.6. The largest absolute Gasteiger partial charge is 0.369 e. The number of nitrogens with one attached hydrogen (secondary N) is 1. The third kappa shape index (κ3) is 3.76. The molecule has 6 heteroatoms. The highest BCUT2D eigenvalue weighted by atomic mass is 16.5. The van der Waals surface area contributed by atoms with Crippen LogP contribution in [0.25, 0.3) is 0 Å². The monoisotopic (exact) mass is 328 g/mol. The van der Waals surface area contributed by atoms with Gasteiger partial charge in [0.1, 0.15) is 5.76 Å². The quantitative estimate of drug-likeness (QED) is 0.914. The summed E-state index contributed by atoms with van der Waals surface area (Å²) in [6.07, 6.45) is 0.772. The van der Waals surface area contributed by atoms with Gasteiger partial charge in [-0.1, -0.05) is 30.3 Å². The Morgan fingerprint density at radius 1 is 1.25 bits per heavy atom. The van der Waals surface area contributed by atoms with Crippen LogP contribution >= 0.6 is 0 Å². The van der Waals surface area contributed by atoms with Gasteiger partial charge in [0, 0.05) is 37.9 Å². The van der Waals surface area contributed by atoms with Gasteiger partial charge in [0.05, 0.1) is 6.04 Å². The van der Waals surface area contributed by atoms with Gasteiger partial charge in [0.25, 0.3) is 0 Å². The lowest BCUT2D eigenvalue weighted by Crippen LogP contribution is -2.53. The van der Waals surface area contributed by atoms with Crippen molar-refractivity contribution in [2.45, 2.75) is 26.3 Å². The predicted octanol–water partition coefficient (Wildman–Crippen LogP) is 2.52. The Bertz CT molecular complexity index is 663. The minimum absolute atomic E-state index is 0.0149. The van der Waals surface area contributed by atoms with E-state index in [0.717, 1.165) is 32.6 Å². The average molecular weight is 328 g/mol. The Morgan fingerprint density at radius 2 is 1.96 bits per heavy atom. The molecule has 1 N–H and O–H groups in total. The highest BCUT2D eigenvalue weighted by molar-refractivity contribution is 5.94. The van der Waals surface area contributed by atoms with Crippen molar-refractivity contribution < 1.29 is 9.32 Å². The van der Waals surface area contributed by atoms with Crippen molar-refractivity contribution in [1.29, 1.82) is 0 Å². The highest BCUT2D eigenvalue weighted by Gasteiger charge is 2.28. The van der Waals surface area contributed by atoms with Gasteiger partial charge in [0.15, 0.2) is 5.82 Å². The van der Waals surface area contributed by atoms with Crippen LogP contribution in [0.2, 0.25) is 0 Å². The zero-order chi connectivity index (χ0) is 16.9. The first-order chi connectivity index (χ1) is 11.7. The molecule has 24 heavy (non-hydrogen) atoms. The molecule has 0 saturated carbocycles. The smallest absolute Gasteiger partial charge is 0.242 e. The van der Waals surface area contributed by atoms with E-state index in [0.29, 0.717) is 11.6 Å². The number of carbonyl (C=O) groups excluding carboxylic acids is 1. The van der Waals surface area contributed by atoms with Gasteiger partial charge in [0.2, 0.25) is 5.91 Å². The number of amides is 1. The molecular formula is C18H24N4O2. The van der Waals surface area contributed by atoms with Crippen molar-refractivity contribution in [3.63, 3.8) is 0 Å². The molecule has 0 spiro atoms. The van der Waals surface area contributed by atoms with Crippen LogP contribution in [0.4, 0.5) is 11.5 Å². The number of hydrogen-bond donors (Lipinski definition) is 1. The van der Waals surface area contributed by atoms with Gasteiger partial charge in [-0.3, -0.25) is 9.69 Å². The van der Waals surface area contributed by atoms with Gasteiger partial charge < -0.3 is 14.7 Å². The van der Waals surface area contributed by atoms with Crippen LogP contribution in [0.15, 0.2) is 40.9 Å². The molecule has 0 aliphatic carbocycles. The van der Waals surface area contributed by atoms with Gasteiger partial charge in [-0.2, -0.15) is 0 Å². The summed E-state index contributed by atoms with van der Waals surface area (Å²) >= 11 is 0. The molecule has 0 bridgehead atoms. The Labute approximate surface area is 142 Å². The van der Waals surface area contributed by atoms with E-state index in [9.17, 15) is 4.79 Å². The van der Waals surface area contributed by atoms with Crippen LogP contribution in [0, 0.1) is 6.92 Å². The summed E-state index contributed by atoms with van der Waals surface area (Å²) in [5.74, 6) is 1.16. The summed E-state index contributed by atoms with van der Waals surface area (Å²) in [6.45, 7) is 7.45. The second kappa shape index (κ2) is 7.49. The molecule has 1 aliphatic heterocycles. The summed E-state index contributed by atoms with van der Waals surface area (Å²) < 4.78 is 5.00. The summed E-state index contributed by atoms with van der Waals surface area (Å²) in [7, 11) is 0. The lowest BCUT2D eigenvalue weighted by atomic mass is 10.1. The Kier molecular flexibility index (Phi) is 5.15. The number of carbonyl (C=O) groups is 1. The van der Waals surface area contributed by atoms with Crippen LogP contribution in [-0.2, 0) is 4.79 Å². The number of piperazine rings is 1. The maximum Gasteiger partial charge on any atom is 0.242 e. The van der Waals surface area contributed by atoms with Crippen molar-refractivity contribution in [2.75, 3.05) is 36.4 Å². The maximum absolute atomic E-state index is 12.6. The summed E-state index contributed by atoms with van der Waals surface area (Å²) in [6, 6.07) is 12.0. The molecule has 2 aromatic rings. The number of rotatable bonds is 5. The van der Waals surface area contributed by atoms with E-state index in [4.69, 9.17) is 4.52 Å². The van der Waals surface area contributed by atoms with E-state index in [1.165, 1.54) is 5.69 Å². The molecule has 1 unspecified atom stereocenters. The summed E-state index contributed by atoms with van der Waals surface area (Å²) in [5, 5.41) is 6.69. The third-order valence-corrected chi connectivity index (χ3v) is 4.44. The lowest BCUT2D eigenvalue weighted by Gasteiger charge is -2.39. The number of para-hydroxylation sites is 1. The molecule has 1 amide bonds. The number of benzene rings is 1. The van der Waals surface area contributed by atoms with Crippen molar-refractivity contribution in [3.05, 3.63) is 42.2 Å². The first-order valence-electron chi connectivity index (χ1n) is 8.45. The van der Waals surface area contributed by atoms with Crippen LogP contribution in [0.1, 0.15) is 19.1 Å². The van der Waals surface area contributed by atoms with Crippen LogP contribution < -0.4 is 10.2 Å². The normalized spacial score (nSPS) is 16.8. The molecule has 1 aromatic carbocycles. The van der Waals surface area contributed by atoms with E-state index < -0.39 is 0 Å². The fourth-order valence-corrected chi connectivity index (χ4v) is 3.17. The summed E-state index contributed by atoms with van der Waals surface area (Å²) in [5.41, 5.74) is 1.24. The fourth-order valence-electron chi connectivity index (χ4n) is 3.17. The molecule has 1 aliphatic rings. The van der Waals surface area contributed by atoms with Crippen LogP contribution in [0.3, 0.4) is 0 Å². The fraction of sp³-hybridized carbons (Fsp3) is 0.444. The van der Waals surface area contributed by atoms with E-state index in [1.54, 1.807) is 6.07 Å². The highest BCUT2D eigenvalue weighted by Crippen LogP contribution is 2.18. The van der Waals surface area contributed by atoms with Crippen molar-refractivity contribution in [2.24, 2.45) is 0 Å². The zero-order valence-corrected chi connectivity index (χ0v) is 14.2. The first-order valence-corrected chi connectivity index (χ1v) is 8.45. The van der Waals surface area contributed by atoms with E-state index in [1.807, 2.05) is 19.9 Å². The number of aryl methyl sites for hydroxylation is 1. The number of nitrogens with zero attached hydrogens (tertiary/aromatic N) is 3. The second-order valence-corrected chi connectivity index (χ2v) is 6.09. The zero-order valence-electron chi connectivity index (χ0n) is 14.2. The Balaban J connectivity index is 1.58. The number of aromatic nitrogens is 1. The van der Waals surface area contributed by atoms with Gasteiger partial charge in [-0.05, 0) is 25.5 Å². The molecule has 1 saturated heterocycles. The number of hydrogen-bond acceptors (Lipinski definition) is 5. The van der Waals surface area contributed by atoms with Gasteiger partial charge in [-0.15, -0.1) is 0 Å². The van der Waals surface area contributed by atoms with E-state index in [2.05, 4.69) is 44.5 Å². The molecular weight excluding hydrogens is 304 g/mol. The minimum atomic E-state index is -0.139. The minimum Gasteiger partial charge on any atom is -0.369 e. The molecule has 1 fully saturated rings. The topological polar surface area (TPSA) is 61.6 Å². The standard InChI is InChI=1S/C18H24N4O2/c1-3-16(18(23)19-17-13-14(2)24-20-17)22-11-9-21(10-12-22)15-7-5-4-6-8-15/h4-8,13,16H,3,9-12H2,1-2H3,(H,19,20,23). The second-order valence-electron chi connectivity index (χ2n) is 6.09. The molecule has 0 radical (unpaired) electrons. The predicted molar refractivity (Wildman–Crippen MR) is 94.2 cm³/mol. The number of anilines is 2. The van der Waals surface area contributed by atoms with Gasteiger partial charge in [-0.25, -0.2) is 0 Å². The van der Waals surface area contributed by atoms with E-state index >= 15 is 0 Å². The van der Waals surface area contributed by atoms with Crippen molar-refractivity contribution in [3.8, 4) is 0 Å². The van der Waals surface area contributed by atoms with Crippen molar-refractivity contribution in [1.82, 2.24) is 10.1 Å². The molecule has 2 heterocycles. The van der Waals surface area contributed by atoms with Gasteiger partial charge >= 0.3 is 0 Å². The molecule has 3 rings (SSSR count). The third-order valence-electron chi connectivity index (χ3n) is 4.44. The molecule has 128 valence electrons. The van der Waals surface area contributed by atoms with E-state index in [-0.39, 0.29) is 11.9 Å². The Hall–Kier alpha value is -2.34. The van der Waals surface area contributed by atoms with Crippen molar-refractivity contribution >= 4 is 17.4 Å². The first kappa shape index (κ1) is 16.5. The molecule has 6 nitrogen and oxygen atoms in total. The van der Waals surface area contributed by atoms with Crippen LogP contribution in [0.5, 0.6) is 0 Å². The Morgan fingerprint density at radius 3 is 2.54 bits per heavy atom. The van der Waals surface area contributed by atoms with Crippen LogP contribution in [-0.4, -0.2) is 48.2 Å². The molecule has 1 aromatic heterocycles.